The Kier molecular flexibility index (Phi) is 5.29. The Morgan fingerprint density at radius 3 is 2.71 bits per heavy atom. The van der Waals surface area contributed by atoms with Crippen molar-refractivity contribution < 1.29 is 9.53 Å². The minimum absolute atomic E-state index is 0.298. The predicted molar refractivity (Wildman–Crippen MR) is 55.0 cm³/mol. The van der Waals surface area contributed by atoms with Gasteiger partial charge in [-0.2, -0.15) is 0 Å². The third-order valence-corrected chi connectivity index (χ3v) is 8.14. The first kappa shape index (κ1) is 11.8. The molecule has 1 fully saturated rings. The zero-order valence-corrected chi connectivity index (χ0v) is 11.3. The van der Waals surface area contributed by atoms with Gasteiger partial charge in [0.1, 0.15) is 0 Å². The van der Waals surface area contributed by atoms with Crippen molar-refractivity contribution in [3.05, 3.63) is 8.94 Å². The average Bonchev–Trinajstić information content (AvgIpc) is 2.21. The van der Waals surface area contributed by atoms with Gasteiger partial charge in [0, 0.05) is 0 Å². The summed E-state index contributed by atoms with van der Waals surface area (Å²) in [6.07, 6.45) is 1.25. The van der Waals surface area contributed by atoms with Crippen LogP contribution in [0.2, 0.25) is 10.6 Å². The summed E-state index contributed by atoms with van der Waals surface area (Å²) in [6.45, 7) is 2.10. The molecule has 0 N–H and O–H groups in total. The van der Waals surface area contributed by atoms with Crippen LogP contribution >= 0.6 is 0 Å². The number of hydrogen-bond donors (Lipinski definition) is 0. The molecule has 0 atom stereocenters. The fraction of sp³-hybridized carbons (Fsp3) is 0.556. The standard InChI is InChI=1S/C9H11NO2Se2/c1-2-12-8(11)7(6-10)9-13-4-3-5-14-9/h2-5H2,1H3. The normalized spacial score (nSPS) is 15.9. The van der Waals surface area contributed by atoms with Crippen molar-refractivity contribution in [2.45, 2.75) is 24.0 Å². The van der Waals surface area contributed by atoms with Gasteiger partial charge in [0.2, 0.25) is 0 Å². The summed E-state index contributed by atoms with van der Waals surface area (Å²) < 4.78 is 5.96. The molecule has 1 heterocycles. The summed E-state index contributed by atoms with van der Waals surface area (Å²) in [4.78, 5) is 11.4. The van der Waals surface area contributed by atoms with Crippen molar-refractivity contribution in [2.75, 3.05) is 6.61 Å². The zero-order valence-electron chi connectivity index (χ0n) is 7.91. The van der Waals surface area contributed by atoms with Crippen molar-refractivity contribution in [3.8, 4) is 6.07 Å². The van der Waals surface area contributed by atoms with E-state index in [0.29, 0.717) is 42.1 Å². The molecule has 5 heteroatoms. The first-order chi connectivity index (χ1) is 6.79. The Morgan fingerprint density at radius 2 is 2.21 bits per heavy atom. The van der Waals surface area contributed by atoms with E-state index in [0.717, 1.165) is 14.0 Å². The van der Waals surface area contributed by atoms with Crippen LogP contribution in [-0.4, -0.2) is 42.5 Å². The first-order valence-electron chi connectivity index (χ1n) is 4.36. The molecule has 0 aromatic heterocycles. The molecule has 0 unspecified atom stereocenters. The van der Waals surface area contributed by atoms with Crippen LogP contribution in [0.15, 0.2) is 8.94 Å². The van der Waals surface area contributed by atoms with Gasteiger partial charge in [0.25, 0.3) is 0 Å². The van der Waals surface area contributed by atoms with Gasteiger partial charge in [-0.3, -0.25) is 0 Å². The number of carbonyl (C=O) groups is 1. The zero-order chi connectivity index (χ0) is 10.4. The number of nitrogens with zero attached hydrogens (tertiary/aromatic N) is 1. The van der Waals surface area contributed by atoms with Gasteiger partial charge < -0.3 is 0 Å². The first-order valence-corrected chi connectivity index (χ1v) is 8.50. The van der Waals surface area contributed by atoms with E-state index in [1.165, 1.54) is 6.42 Å². The molecule has 76 valence electrons. The van der Waals surface area contributed by atoms with Gasteiger partial charge in [-0.05, 0) is 0 Å². The molecule has 0 radical (unpaired) electrons. The number of ether oxygens (including phenoxy) is 1. The van der Waals surface area contributed by atoms with E-state index in [1.54, 1.807) is 6.92 Å². The summed E-state index contributed by atoms with van der Waals surface area (Å²) in [6, 6.07) is 1.99. The van der Waals surface area contributed by atoms with Gasteiger partial charge in [-0.1, -0.05) is 0 Å². The average molecular weight is 323 g/mol. The molecule has 1 saturated heterocycles. The second kappa shape index (κ2) is 6.27. The molecule has 1 aliphatic rings. The van der Waals surface area contributed by atoms with E-state index in [-0.39, 0.29) is 0 Å². The Labute approximate surface area is 96.2 Å². The topological polar surface area (TPSA) is 50.1 Å². The van der Waals surface area contributed by atoms with Crippen LogP contribution < -0.4 is 0 Å². The quantitative estimate of drug-likeness (QED) is 0.329. The van der Waals surface area contributed by atoms with E-state index in [1.807, 2.05) is 6.07 Å². The Bertz CT molecular complexity index is 286. The van der Waals surface area contributed by atoms with E-state index < -0.39 is 5.97 Å². The predicted octanol–water partition coefficient (Wildman–Crippen LogP) is 0.933. The van der Waals surface area contributed by atoms with Gasteiger partial charge >= 0.3 is 96.3 Å². The summed E-state index contributed by atoms with van der Waals surface area (Å²) in [5, 5.41) is 11.2. The molecule has 0 saturated carbocycles. The van der Waals surface area contributed by atoms with Crippen molar-refractivity contribution in [1.82, 2.24) is 0 Å². The number of rotatable bonds is 2. The number of hydrogen-bond acceptors (Lipinski definition) is 3. The third-order valence-electron chi connectivity index (χ3n) is 1.55. The van der Waals surface area contributed by atoms with Gasteiger partial charge in [0.15, 0.2) is 0 Å². The van der Waals surface area contributed by atoms with Crippen molar-refractivity contribution in [3.63, 3.8) is 0 Å². The fourth-order valence-corrected chi connectivity index (χ4v) is 7.92. The number of esters is 1. The summed E-state index contributed by atoms with van der Waals surface area (Å²) in [5.41, 5.74) is 0.298. The van der Waals surface area contributed by atoms with Crippen molar-refractivity contribution >= 4 is 35.9 Å². The van der Waals surface area contributed by atoms with Crippen LogP contribution in [0.4, 0.5) is 0 Å². The number of nitriles is 1. The molecule has 0 aliphatic carbocycles. The van der Waals surface area contributed by atoms with Crippen LogP contribution in [0.5, 0.6) is 0 Å². The Morgan fingerprint density at radius 1 is 1.57 bits per heavy atom. The molecule has 1 rings (SSSR count). The molecule has 0 spiro atoms. The van der Waals surface area contributed by atoms with Crippen LogP contribution in [-0.2, 0) is 9.53 Å². The van der Waals surface area contributed by atoms with Gasteiger partial charge in [-0.15, -0.1) is 0 Å². The minimum atomic E-state index is -0.421. The Balaban J connectivity index is 2.77. The number of carbonyl (C=O) groups excluding carboxylic acids is 1. The van der Waals surface area contributed by atoms with E-state index in [9.17, 15) is 4.79 Å². The van der Waals surface area contributed by atoms with Crippen LogP contribution in [0, 0.1) is 11.3 Å². The fourth-order valence-electron chi connectivity index (χ4n) is 0.953. The van der Waals surface area contributed by atoms with Gasteiger partial charge in [-0.25, -0.2) is 0 Å². The van der Waals surface area contributed by atoms with Crippen LogP contribution in [0.25, 0.3) is 0 Å². The molecule has 14 heavy (non-hydrogen) atoms. The molecule has 0 bridgehead atoms. The second-order valence-corrected chi connectivity index (χ2v) is 8.49. The van der Waals surface area contributed by atoms with E-state index >= 15 is 0 Å². The third kappa shape index (κ3) is 3.15. The van der Waals surface area contributed by atoms with Crippen molar-refractivity contribution in [1.29, 1.82) is 5.26 Å². The summed E-state index contributed by atoms with van der Waals surface area (Å²) >= 11 is 0.714. The summed E-state index contributed by atoms with van der Waals surface area (Å²) in [7, 11) is 0. The van der Waals surface area contributed by atoms with Gasteiger partial charge in [0.05, 0.1) is 0 Å². The molecular weight excluding hydrogens is 312 g/mol. The second-order valence-electron chi connectivity index (χ2n) is 2.55. The summed E-state index contributed by atoms with van der Waals surface area (Å²) in [5.74, 6) is -0.421. The molecular formula is C9H11NO2Se2. The van der Waals surface area contributed by atoms with E-state index in [2.05, 4.69) is 0 Å². The maximum absolute atomic E-state index is 11.4. The Hall–Kier alpha value is -0.261. The molecule has 3 nitrogen and oxygen atoms in total. The SMILES string of the molecule is CCOC(=O)C(C#N)=C1[Se]CCC[Se]1. The van der Waals surface area contributed by atoms with Crippen LogP contribution in [0.3, 0.4) is 0 Å². The molecule has 0 aromatic rings. The molecule has 0 amide bonds. The molecule has 1 aliphatic heterocycles. The van der Waals surface area contributed by atoms with Crippen molar-refractivity contribution in [2.24, 2.45) is 0 Å². The molecule has 0 aromatic carbocycles. The van der Waals surface area contributed by atoms with Crippen LogP contribution in [0.1, 0.15) is 13.3 Å². The monoisotopic (exact) mass is 325 g/mol. The maximum atomic E-state index is 11.4. The van der Waals surface area contributed by atoms with E-state index in [4.69, 9.17) is 10.00 Å².